The molecule has 0 unspecified atom stereocenters. The quantitative estimate of drug-likeness (QED) is 0.858. The van der Waals surface area contributed by atoms with Crippen molar-refractivity contribution in [1.29, 1.82) is 0 Å². The number of hydrogen-bond donors (Lipinski definition) is 2. The number of halogens is 1. The van der Waals surface area contributed by atoms with Crippen LogP contribution in [0, 0.1) is 0 Å². The van der Waals surface area contributed by atoms with Gasteiger partial charge in [-0.3, -0.25) is 0 Å². The highest BCUT2D eigenvalue weighted by molar-refractivity contribution is 9.10. The average molecular weight is 272 g/mol. The second-order valence-electron chi connectivity index (χ2n) is 3.65. The average Bonchev–Trinajstić information content (AvgIpc) is 2.24. The first-order valence-electron chi connectivity index (χ1n) is 5.07. The zero-order valence-electron chi connectivity index (χ0n) is 8.32. The van der Waals surface area contributed by atoms with Crippen molar-refractivity contribution in [1.82, 2.24) is 5.32 Å². The molecule has 0 saturated carbocycles. The fourth-order valence-electron chi connectivity index (χ4n) is 1.66. The van der Waals surface area contributed by atoms with E-state index in [0.717, 1.165) is 23.2 Å². The lowest BCUT2D eigenvalue weighted by atomic mass is 10.1. The van der Waals surface area contributed by atoms with Gasteiger partial charge in [-0.2, -0.15) is 0 Å². The van der Waals surface area contributed by atoms with Crippen LogP contribution in [0.1, 0.15) is 6.42 Å². The first-order valence-corrected chi connectivity index (χ1v) is 5.86. The van der Waals surface area contributed by atoms with Crippen LogP contribution in [0.25, 0.3) is 0 Å². The molecule has 15 heavy (non-hydrogen) atoms. The molecule has 0 radical (unpaired) electrons. The van der Waals surface area contributed by atoms with Crippen molar-refractivity contribution in [3.63, 3.8) is 0 Å². The number of benzene rings is 1. The highest BCUT2D eigenvalue weighted by Crippen LogP contribution is 2.26. The van der Waals surface area contributed by atoms with E-state index in [-0.39, 0.29) is 6.10 Å². The molecule has 3 nitrogen and oxygen atoms in total. The molecule has 1 heterocycles. The molecule has 2 atom stereocenters. The lowest BCUT2D eigenvalue weighted by molar-refractivity contribution is 0.0158. The van der Waals surface area contributed by atoms with Crippen LogP contribution in [0.3, 0.4) is 0 Å². The van der Waals surface area contributed by atoms with E-state index < -0.39 is 6.10 Å². The molecule has 0 aromatic heterocycles. The van der Waals surface area contributed by atoms with Gasteiger partial charge in [0.15, 0.2) is 0 Å². The molecule has 1 saturated heterocycles. The van der Waals surface area contributed by atoms with Crippen molar-refractivity contribution in [2.45, 2.75) is 18.6 Å². The summed E-state index contributed by atoms with van der Waals surface area (Å²) < 4.78 is 6.69. The number of rotatable bonds is 2. The van der Waals surface area contributed by atoms with Crippen LogP contribution in [-0.2, 0) is 0 Å². The Kier molecular flexibility index (Phi) is 3.61. The molecule has 0 amide bonds. The molecule has 2 N–H and O–H groups in total. The molecular weight excluding hydrogens is 258 g/mol. The van der Waals surface area contributed by atoms with E-state index in [0.29, 0.717) is 6.54 Å². The molecule has 1 aromatic carbocycles. The van der Waals surface area contributed by atoms with Gasteiger partial charge in [-0.15, -0.1) is 0 Å². The van der Waals surface area contributed by atoms with Crippen LogP contribution in [0.2, 0.25) is 0 Å². The molecule has 0 aliphatic carbocycles. The molecule has 0 spiro atoms. The Morgan fingerprint density at radius 1 is 1.40 bits per heavy atom. The maximum Gasteiger partial charge on any atom is 0.134 e. The zero-order valence-corrected chi connectivity index (χ0v) is 9.90. The summed E-state index contributed by atoms with van der Waals surface area (Å²) in [6, 6.07) is 7.70. The van der Waals surface area contributed by atoms with E-state index in [2.05, 4.69) is 21.2 Å². The number of β-amino-alcohol motifs (C(OH)–C–C–N with tert-alkyl or cyclic N) is 1. The number of para-hydroxylation sites is 1. The number of aliphatic hydroxyl groups is 1. The van der Waals surface area contributed by atoms with Crippen LogP contribution < -0.4 is 10.1 Å². The van der Waals surface area contributed by atoms with Gasteiger partial charge in [-0.1, -0.05) is 12.1 Å². The largest absolute Gasteiger partial charge is 0.486 e. The minimum Gasteiger partial charge on any atom is -0.486 e. The van der Waals surface area contributed by atoms with Crippen molar-refractivity contribution >= 4 is 15.9 Å². The Labute approximate surface area is 97.6 Å². The van der Waals surface area contributed by atoms with Gasteiger partial charge in [0.25, 0.3) is 0 Å². The topological polar surface area (TPSA) is 41.5 Å². The van der Waals surface area contributed by atoms with Gasteiger partial charge in [0.1, 0.15) is 18.0 Å². The van der Waals surface area contributed by atoms with Crippen LogP contribution in [0.15, 0.2) is 28.7 Å². The molecule has 1 aliphatic rings. The van der Waals surface area contributed by atoms with Crippen molar-refractivity contribution in [2.75, 3.05) is 13.1 Å². The third-order valence-electron chi connectivity index (χ3n) is 2.50. The molecule has 1 fully saturated rings. The van der Waals surface area contributed by atoms with E-state index in [1.807, 2.05) is 24.3 Å². The molecule has 4 heteroatoms. The molecule has 0 bridgehead atoms. The summed E-state index contributed by atoms with van der Waals surface area (Å²) in [6.07, 6.45) is 0.304. The highest BCUT2D eigenvalue weighted by atomic mass is 79.9. The maximum atomic E-state index is 9.72. The number of aliphatic hydroxyl groups excluding tert-OH is 1. The minimum absolute atomic E-state index is 0.107. The lowest BCUT2D eigenvalue weighted by Crippen LogP contribution is -2.46. The van der Waals surface area contributed by atoms with Gasteiger partial charge in [0.2, 0.25) is 0 Å². The van der Waals surface area contributed by atoms with Crippen molar-refractivity contribution in [3.05, 3.63) is 28.7 Å². The fourth-order valence-corrected chi connectivity index (χ4v) is 2.04. The van der Waals surface area contributed by atoms with Crippen LogP contribution in [0.4, 0.5) is 0 Å². The van der Waals surface area contributed by atoms with Gasteiger partial charge >= 0.3 is 0 Å². The smallest absolute Gasteiger partial charge is 0.134 e. The summed E-state index contributed by atoms with van der Waals surface area (Å²) in [6.45, 7) is 1.50. The first-order chi connectivity index (χ1) is 7.27. The van der Waals surface area contributed by atoms with Gasteiger partial charge in [-0.05, 0) is 41.0 Å². The summed E-state index contributed by atoms with van der Waals surface area (Å²) in [5.41, 5.74) is 0. The Morgan fingerprint density at radius 2 is 2.20 bits per heavy atom. The number of piperidine rings is 1. The second kappa shape index (κ2) is 4.96. The van der Waals surface area contributed by atoms with Gasteiger partial charge in [0.05, 0.1) is 4.47 Å². The standard InChI is InChI=1S/C11H14BrNO2/c12-8-3-1-2-4-10(8)15-11-5-6-13-7-9(11)14/h1-4,9,11,13-14H,5-7H2/t9-,11-/m0/s1. The van der Waals surface area contributed by atoms with Crippen LogP contribution >= 0.6 is 15.9 Å². The highest BCUT2D eigenvalue weighted by Gasteiger charge is 2.24. The van der Waals surface area contributed by atoms with E-state index >= 15 is 0 Å². The number of ether oxygens (including phenoxy) is 1. The van der Waals surface area contributed by atoms with Crippen LogP contribution in [-0.4, -0.2) is 30.4 Å². The summed E-state index contributed by atoms with van der Waals surface area (Å²) in [7, 11) is 0. The molecule has 1 aliphatic heterocycles. The van der Waals surface area contributed by atoms with E-state index in [4.69, 9.17) is 4.74 Å². The third kappa shape index (κ3) is 2.71. The normalized spacial score (nSPS) is 26.3. The first kappa shape index (κ1) is 10.9. The SMILES string of the molecule is O[C@H]1CNCC[C@@H]1Oc1ccccc1Br. The van der Waals surface area contributed by atoms with Crippen molar-refractivity contribution in [3.8, 4) is 5.75 Å². The minimum atomic E-state index is -0.425. The third-order valence-corrected chi connectivity index (χ3v) is 3.16. The number of hydrogen-bond acceptors (Lipinski definition) is 3. The Balaban J connectivity index is 2.04. The monoisotopic (exact) mass is 271 g/mol. The molecule has 2 rings (SSSR count). The predicted molar refractivity (Wildman–Crippen MR) is 62.1 cm³/mol. The number of nitrogens with one attached hydrogen (secondary N) is 1. The summed E-state index contributed by atoms with van der Waals surface area (Å²) in [5, 5.41) is 12.8. The second-order valence-corrected chi connectivity index (χ2v) is 4.50. The predicted octanol–water partition coefficient (Wildman–Crippen LogP) is 1.55. The van der Waals surface area contributed by atoms with Gasteiger partial charge < -0.3 is 15.2 Å². The van der Waals surface area contributed by atoms with Crippen molar-refractivity contribution < 1.29 is 9.84 Å². The molecule has 1 aromatic rings. The fraction of sp³-hybridized carbons (Fsp3) is 0.455. The Bertz CT molecular complexity index is 332. The Hall–Kier alpha value is -0.580. The molecule has 82 valence electrons. The van der Waals surface area contributed by atoms with Crippen LogP contribution in [0.5, 0.6) is 5.75 Å². The van der Waals surface area contributed by atoms with E-state index in [1.54, 1.807) is 0 Å². The summed E-state index contributed by atoms with van der Waals surface area (Å²) >= 11 is 3.42. The Morgan fingerprint density at radius 3 is 2.93 bits per heavy atom. The van der Waals surface area contributed by atoms with Gasteiger partial charge in [0, 0.05) is 6.54 Å². The summed E-state index contributed by atoms with van der Waals surface area (Å²) in [4.78, 5) is 0. The molecular formula is C11H14BrNO2. The van der Waals surface area contributed by atoms with E-state index in [9.17, 15) is 5.11 Å². The zero-order chi connectivity index (χ0) is 10.7. The van der Waals surface area contributed by atoms with E-state index in [1.165, 1.54) is 0 Å². The lowest BCUT2D eigenvalue weighted by Gasteiger charge is -2.29. The maximum absolute atomic E-state index is 9.72. The van der Waals surface area contributed by atoms with Gasteiger partial charge in [-0.25, -0.2) is 0 Å². The summed E-state index contributed by atoms with van der Waals surface area (Å²) in [5.74, 6) is 0.795. The van der Waals surface area contributed by atoms with Crippen molar-refractivity contribution in [2.24, 2.45) is 0 Å².